The minimum atomic E-state index is -3.75. The minimum Gasteiger partial charge on any atom is -0.384 e. The second-order valence-electron chi connectivity index (χ2n) is 8.36. The number of benzene rings is 1. The number of β-amino-alcohol motifs (C(OH)–C–C–N with tert-alkyl or cyclic N) is 1. The third kappa shape index (κ3) is 4.48. The highest BCUT2D eigenvalue weighted by Gasteiger charge is 2.61. The molecule has 2 amide bonds. The maximum Gasteiger partial charge on any atom is 0.259 e. The monoisotopic (exact) mass is 473 g/mol. The van der Waals surface area contributed by atoms with Gasteiger partial charge < -0.3 is 15.7 Å². The molecule has 4 rings (SSSR count). The lowest BCUT2D eigenvalue weighted by atomic mass is 9.91. The van der Waals surface area contributed by atoms with Gasteiger partial charge in [-0.1, -0.05) is 18.2 Å². The minimum absolute atomic E-state index is 0. The molecule has 1 heterocycles. The number of rotatable bonds is 7. The van der Waals surface area contributed by atoms with Crippen LogP contribution >= 0.6 is 12.4 Å². The molecule has 1 aliphatic heterocycles. The van der Waals surface area contributed by atoms with Crippen LogP contribution in [0.15, 0.2) is 36.9 Å². The van der Waals surface area contributed by atoms with E-state index < -0.39 is 50.1 Å². The molecule has 0 radical (unpaired) electrons. The van der Waals surface area contributed by atoms with Crippen LogP contribution in [0.2, 0.25) is 0 Å². The molecule has 1 aromatic rings. The van der Waals surface area contributed by atoms with E-state index in [1.807, 2.05) is 0 Å². The Morgan fingerprint density at radius 1 is 1.23 bits per heavy atom. The quantitative estimate of drug-likeness (QED) is 0.427. The van der Waals surface area contributed by atoms with Crippen molar-refractivity contribution in [1.82, 2.24) is 15.4 Å². The molecule has 0 spiro atoms. The van der Waals surface area contributed by atoms with Crippen molar-refractivity contribution >= 4 is 34.2 Å². The third-order valence-corrected chi connectivity index (χ3v) is 7.95. The van der Waals surface area contributed by atoms with Gasteiger partial charge in [-0.2, -0.15) is 0 Å². The van der Waals surface area contributed by atoms with Gasteiger partial charge in [-0.05, 0) is 37.0 Å². The van der Waals surface area contributed by atoms with Gasteiger partial charge in [0.15, 0.2) is 0 Å². The molecule has 3 fully saturated rings. The Morgan fingerprint density at radius 3 is 2.42 bits per heavy atom. The van der Waals surface area contributed by atoms with E-state index in [9.17, 15) is 27.5 Å². The number of amides is 2. The van der Waals surface area contributed by atoms with Gasteiger partial charge in [0.2, 0.25) is 15.9 Å². The van der Waals surface area contributed by atoms with Crippen LogP contribution in [0.5, 0.6) is 0 Å². The van der Waals surface area contributed by atoms with Gasteiger partial charge in [-0.15, -0.1) is 19.0 Å². The molecule has 1 aromatic carbocycles. The first-order valence-electron chi connectivity index (χ1n) is 9.82. The molecular weight excluding hydrogens is 449 g/mol. The number of aliphatic hydroxyl groups is 1. The summed E-state index contributed by atoms with van der Waals surface area (Å²) in [5.41, 5.74) is -2.24. The number of hydrogen-bond donors (Lipinski definition) is 4. The predicted octanol–water partition coefficient (Wildman–Crippen LogP) is 0.466. The lowest BCUT2D eigenvalue weighted by molar-refractivity contribution is -0.130. The highest BCUT2D eigenvalue weighted by atomic mass is 35.5. The highest BCUT2D eigenvalue weighted by Crippen LogP contribution is 2.45. The molecular formula is C20H25ClFN3O5S. The Labute approximate surface area is 186 Å². The average molecular weight is 474 g/mol. The van der Waals surface area contributed by atoms with Crippen molar-refractivity contribution in [3.8, 4) is 0 Å². The van der Waals surface area contributed by atoms with Crippen LogP contribution in [0.4, 0.5) is 4.39 Å². The van der Waals surface area contributed by atoms with E-state index in [1.54, 1.807) is 0 Å². The van der Waals surface area contributed by atoms with E-state index in [4.69, 9.17) is 0 Å². The van der Waals surface area contributed by atoms with Crippen LogP contribution in [0, 0.1) is 11.7 Å². The van der Waals surface area contributed by atoms with Crippen molar-refractivity contribution < 1.29 is 27.5 Å². The Balaban J connectivity index is 0.00000272. The normalized spacial score (nSPS) is 31.9. The van der Waals surface area contributed by atoms with Gasteiger partial charge >= 0.3 is 0 Å². The summed E-state index contributed by atoms with van der Waals surface area (Å²) in [6.07, 6.45) is 2.83. The van der Waals surface area contributed by atoms with Crippen molar-refractivity contribution in [1.29, 1.82) is 0 Å². The van der Waals surface area contributed by atoms with Crippen LogP contribution in [-0.2, 0) is 25.2 Å². The van der Waals surface area contributed by atoms with Crippen molar-refractivity contribution in [2.24, 2.45) is 5.92 Å². The van der Waals surface area contributed by atoms with E-state index >= 15 is 0 Å². The van der Waals surface area contributed by atoms with E-state index in [0.29, 0.717) is 18.4 Å². The van der Waals surface area contributed by atoms with Crippen molar-refractivity contribution in [2.75, 3.05) is 6.54 Å². The first kappa shape index (κ1) is 23.6. The van der Waals surface area contributed by atoms with E-state index in [1.165, 1.54) is 30.3 Å². The molecule has 170 valence electrons. The molecule has 4 atom stereocenters. The molecule has 31 heavy (non-hydrogen) atoms. The van der Waals surface area contributed by atoms with Crippen molar-refractivity contribution in [3.05, 3.63) is 48.3 Å². The summed E-state index contributed by atoms with van der Waals surface area (Å²) in [5.74, 6) is -2.09. The summed E-state index contributed by atoms with van der Waals surface area (Å²) >= 11 is 0. The summed E-state index contributed by atoms with van der Waals surface area (Å²) in [6, 6.07) is 4.60. The summed E-state index contributed by atoms with van der Waals surface area (Å²) in [4.78, 5) is 25.6. The van der Waals surface area contributed by atoms with Crippen molar-refractivity contribution in [2.45, 2.75) is 48.1 Å². The fourth-order valence-corrected chi connectivity index (χ4v) is 5.33. The lowest BCUT2D eigenvalue weighted by Crippen LogP contribution is -2.55. The SMILES string of the molecule is C=C[C@@H]1C[C@]1(NC(=O)[C@@H]1C[C@@](O)(c2ccc(F)cc2)CN1)C(=O)NS(=O)(=O)C1CC1.Cl. The Hall–Kier alpha value is -2.01. The van der Waals surface area contributed by atoms with Gasteiger partial charge in [0.1, 0.15) is 17.0 Å². The van der Waals surface area contributed by atoms with Crippen LogP contribution in [0.25, 0.3) is 0 Å². The molecule has 8 nitrogen and oxygen atoms in total. The van der Waals surface area contributed by atoms with Crippen LogP contribution in [0.1, 0.15) is 31.2 Å². The van der Waals surface area contributed by atoms with E-state index in [0.717, 1.165) is 0 Å². The van der Waals surface area contributed by atoms with E-state index in [-0.39, 0.29) is 37.7 Å². The maximum absolute atomic E-state index is 13.2. The third-order valence-electron chi connectivity index (χ3n) is 6.13. The zero-order valence-corrected chi connectivity index (χ0v) is 18.3. The van der Waals surface area contributed by atoms with Crippen LogP contribution < -0.4 is 15.4 Å². The lowest BCUT2D eigenvalue weighted by Gasteiger charge is -2.23. The number of carbonyl (C=O) groups is 2. The highest BCUT2D eigenvalue weighted by molar-refractivity contribution is 7.91. The first-order valence-corrected chi connectivity index (χ1v) is 11.4. The van der Waals surface area contributed by atoms with Crippen molar-refractivity contribution in [3.63, 3.8) is 0 Å². The predicted molar refractivity (Wildman–Crippen MR) is 113 cm³/mol. The Morgan fingerprint density at radius 2 is 1.87 bits per heavy atom. The fourth-order valence-electron chi connectivity index (χ4n) is 3.96. The molecule has 1 saturated heterocycles. The Kier molecular flexibility index (Phi) is 6.22. The maximum atomic E-state index is 13.2. The summed E-state index contributed by atoms with van der Waals surface area (Å²) < 4.78 is 39.5. The zero-order valence-electron chi connectivity index (χ0n) is 16.6. The van der Waals surface area contributed by atoms with Gasteiger partial charge in [-0.3, -0.25) is 14.3 Å². The number of carbonyl (C=O) groups excluding carboxylic acids is 2. The van der Waals surface area contributed by atoms with E-state index in [2.05, 4.69) is 21.9 Å². The second kappa shape index (κ2) is 8.16. The molecule has 4 N–H and O–H groups in total. The molecule has 0 unspecified atom stereocenters. The number of hydrogen-bond acceptors (Lipinski definition) is 6. The van der Waals surface area contributed by atoms with Gasteiger partial charge in [0.25, 0.3) is 5.91 Å². The van der Waals surface area contributed by atoms with Gasteiger partial charge in [-0.25, -0.2) is 12.8 Å². The molecule has 0 bridgehead atoms. The smallest absolute Gasteiger partial charge is 0.259 e. The number of halogens is 2. The van der Waals surface area contributed by atoms with Gasteiger partial charge in [0, 0.05) is 18.9 Å². The largest absolute Gasteiger partial charge is 0.384 e. The summed E-state index contributed by atoms with van der Waals surface area (Å²) in [7, 11) is -3.75. The molecule has 3 aliphatic rings. The second-order valence-corrected chi connectivity index (χ2v) is 10.3. The standard InChI is InChI=1S/C20H24FN3O5S.ClH/c1-2-12-9-20(12,18(26)24-30(28,29)15-7-8-15)23-17(25)16-10-19(27,11-22-16)13-3-5-14(21)6-4-13;/h2-6,12,15-16,22,27H,1,7-11H2,(H,23,25)(H,24,26);1H/t12-,16+,19+,20-;/m1./s1. The number of nitrogens with one attached hydrogen (secondary N) is 3. The topological polar surface area (TPSA) is 125 Å². The number of sulfonamides is 1. The summed E-state index contributed by atoms with van der Waals surface area (Å²) in [5, 5.41) is 15.9. The van der Waals surface area contributed by atoms with Gasteiger partial charge in [0.05, 0.1) is 11.3 Å². The van der Waals surface area contributed by atoms with Crippen LogP contribution in [0.3, 0.4) is 0 Å². The summed E-state index contributed by atoms with van der Waals surface area (Å²) in [6.45, 7) is 3.73. The fraction of sp³-hybridized carbons (Fsp3) is 0.500. The average Bonchev–Trinajstić information content (AvgIpc) is 3.60. The zero-order chi connectivity index (χ0) is 21.7. The first-order chi connectivity index (χ1) is 14.1. The van der Waals surface area contributed by atoms with Crippen LogP contribution in [-0.4, -0.2) is 48.7 Å². The Bertz CT molecular complexity index is 1000. The molecule has 0 aromatic heterocycles. The molecule has 11 heteroatoms. The molecule has 2 aliphatic carbocycles. The molecule has 2 saturated carbocycles.